The second-order valence-corrected chi connectivity index (χ2v) is 5.58. The number of hydrogen-bond acceptors (Lipinski definition) is 2. The van der Waals surface area contributed by atoms with Crippen LogP contribution in [0.2, 0.25) is 0 Å². The fourth-order valence-electron chi connectivity index (χ4n) is 2.57. The molecular formula is C14H28N2O. The maximum absolute atomic E-state index is 11.3. The lowest BCUT2D eigenvalue weighted by molar-refractivity contribution is -0.130. The fourth-order valence-corrected chi connectivity index (χ4v) is 2.57. The Morgan fingerprint density at radius 2 is 1.71 bits per heavy atom. The van der Waals surface area contributed by atoms with Crippen molar-refractivity contribution < 1.29 is 4.79 Å². The number of hydrogen-bond donors (Lipinski definition) is 0. The summed E-state index contributed by atoms with van der Waals surface area (Å²) in [6.45, 7) is 12.5. The minimum Gasteiger partial charge on any atom is -0.340 e. The lowest BCUT2D eigenvalue weighted by Gasteiger charge is -2.39. The van der Waals surface area contributed by atoms with Gasteiger partial charge in [-0.1, -0.05) is 20.8 Å². The van der Waals surface area contributed by atoms with E-state index in [4.69, 9.17) is 0 Å². The van der Waals surface area contributed by atoms with Gasteiger partial charge in [0, 0.05) is 39.1 Å². The molecule has 1 amide bonds. The van der Waals surface area contributed by atoms with Crippen molar-refractivity contribution in [2.24, 2.45) is 5.92 Å². The molecule has 1 unspecified atom stereocenters. The van der Waals surface area contributed by atoms with Crippen molar-refractivity contribution in [1.82, 2.24) is 9.80 Å². The van der Waals surface area contributed by atoms with Gasteiger partial charge in [0.05, 0.1) is 0 Å². The van der Waals surface area contributed by atoms with Crippen molar-refractivity contribution >= 4 is 5.91 Å². The molecule has 3 nitrogen and oxygen atoms in total. The van der Waals surface area contributed by atoms with Crippen LogP contribution in [0.15, 0.2) is 0 Å². The predicted molar refractivity (Wildman–Crippen MR) is 72.0 cm³/mol. The molecule has 0 spiro atoms. The Hall–Kier alpha value is -0.570. The number of piperazine rings is 1. The first-order valence-electron chi connectivity index (χ1n) is 7.04. The van der Waals surface area contributed by atoms with E-state index in [9.17, 15) is 4.79 Å². The third-order valence-corrected chi connectivity index (χ3v) is 3.82. The standard InChI is InChI=1S/C14H28N2O/c1-5-14(7-6-12(2)3)16-10-8-15(9-11-16)13(4)17/h12,14H,5-11H2,1-4H3. The molecule has 0 N–H and O–H groups in total. The number of nitrogens with zero attached hydrogens (tertiary/aromatic N) is 2. The molecular weight excluding hydrogens is 212 g/mol. The molecule has 1 heterocycles. The molecule has 1 fully saturated rings. The number of amides is 1. The third kappa shape index (κ3) is 4.66. The number of carbonyl (C=O) groups excluding carboxylic acids is 1. The Balaban J connectivity index is 2.36. The van der Waals surface area contributed by atoms with Gasteiger partial charge < -0.3 is 4.90 Å². The molecule has 100 valence electrons. The second kappa shape index (κ2) is 7.00. The first-order valence-corrected chi connectivity index (χ1v) is 7.04. The second-order valence-electron chi connectivity index (χ2n) is 5.58. The molecule has 1 saturated heterocycles. The molecule has 0 saturated carbocycles. The van der Waals surface area contributed by atoms with Crippen molar-refractivity contribution in [2.75, 3.05) is 26.2 Å². The van der Waals surface area contributed by atoms with Crippen LogP contribution >= 0.6 is 0 Å². The van der Waals surface area contributed by atoms with Crippen LogP contribution < -0.4 is 0 Å². The van der Waals surface area contributed by atoms with E-state index in [0.717, 1.165) is 32.1 Å². The Morgan fingerprint density at radius 1 is 1.12 bits per heavy atom. The van der Waals surface area contributed by atoms with E-state index in [-0.39, 0.29) is 5.91 Å². The zero-order valence-corrected chi connectivity index (χ0v) is 11.9. The van der Waals surface area contributed by atoms with Gasteiger partial charge in [0.25, 0.3) is 0 Å². The fraction of sp³-hybridized carbons (Fsp3) is 0.929. The van der Waals surface area contributed by atoms with Crippen LogP contribution in [-0.4, -0.2) is 47.9 Å². The zero-order chi connectivity index (χ0) is 12.8. The van der Waals surface area contributed by atoms with Crippen molar-refractivity contribution in [1.29, 1.82) is 0 Å². The highest BCUT2D eigenvalue weighted by atomic mass is 16.2. The summed E-state index contributed by atoms with van der Waals surface area (Å²) in [5.74, 6) is 1.02. The highest BCUT2D eigenvalue weighted by Crippen LogP contribution is 2.17. The van der Waals surface area contributed by atoms with E-state index in [1.54, 1.807) is 6.92 Å². The molecule has 1 aliphatic rings. The van der Waals surface area contributed by atoms with Crippen LogP contribution in [0.5, 0.6) is 0 Å². The Labute approximate surface area is 106 Å². The first kappa shape index (κ1) is 14.5. The molecule has 1 aliphatic heterocycles. The summed E-state index contributed by atoms with van der Waals surface area (Å²) in [5.41, 5.74) is 0. The molecule has 3 heteroatoms. The van der Waals surface area contributed by atoms with E-state index in [1.165, 1.54) is 19.3 Å². The summed E-state index contributed by atoms with van der Waals surface area (Å²) >= 11 is 0. The third-order valence-electron chi connectivity index (χ3n) is 3.82. The summed E-state index contributed by atoms with van der Waals surface area (Å²) in [7, 11) is 0. The Morgan fingerprint density at radius 3 is 2.12 bits per heavy atom. The van der Waals surface area contributed by atoms with Crippen LogP contribution in [0.3, 0.4) is 0 Å². The topological polar surface area (TPSA) is 23.6 Å². The van der Waals surface area contributed by atoms with Crippen molar-refractivity contribution in [2.45, 2.75) is 53.0 Å². The van der Waals surface area contributed by atoms with E-state index in [2.05, 4.69) is 25.7 Å². The van der Waals surface area contributed by atoms with Crippen molar-refractivity contribution in [3.8, 4) is 0 Å². The van der Waals surface area contributed by atoms with E-state index >= 15 is 0 Å². The normalized spacial score (nSPS) is 19.7. The first-order chi connectivity index (χ1) is 8.04. The van der Waals surface area contributed by atoms with E-state index in [1.807, 2.05) is 4.90 Å². The summed E-state index contributed by atoms with van der Waals surface area (Å²) in [6.07, 6.45) is 3.84. The molecule has 1 atom stereocenters. The van der Waals surface area contributed by atoms with Gasteiger partial charge in [-0.25, -0.2) is 0 Å². The minimum absolute atomic E-state index is 0.222. The highest BCUT2D eigenvalue weighted by Gasteiger charge is 2.23. The van der Waals surface area contributed by atoms with Gasteiger partial charge in [0.2, 0.25) is 5.91 Å². The molecule has 0 aromatic heterocycles. The zero-order valence-electron chi connectivity index (χ0n) is 11.9. The minimum atomic E-state index is 0.222. The maximum Gasteiger partial charge on any atom is 0.219 e. The van der Waals surface area contributed by atoms with Crippen molar-refractivity contribution in [3.05, 3.63) is 0 Å². The van der Waals surface area contributed by atoms with Crippen LogP contribution in [-0.2, 0) is 4.79 Å². The summed E-state index contributed by atoms with van der Waals surface area (Å²) in [6, 6.07) is 0.714. The quantitative estimate of drug-likeness (QED) is 0.736. The van der Waals surface area contributed by atoms with Crippen molar-refractivity contribution in [3.63, 3.8) is 0 Å². The van der Waals surface area contributed by atoms with E-state index in [0.29, 0.717) is 6.04 Å². The van der Waals surface area contributed by atoms with Gasteiger partial charge >= 0.3 is 0 Å². The SMILES string of the molecule is CCC(CCC(C)C)N1CCN(C(C)=O)CC1. The maximum atomic E-state index is 11.3. The lowest BCUT2D eigenvalue weighted by Crippen LogP contribution is -2.51. The largest absolute Gasteiger partial charge is 0.340 e. The molecule has 0 radical (unpaired) electrons. The molecule has 0 aromatic rings. The predicted octanol–water partition coefficient (Wildman–Crippen LogP) is 2.37. The van der Waals surface area contributed by atoms with Gasteiger partial charge in [-0.3, -0.25) is 9.69 Å². The van der Waals surface area contributed by atoms with Gasteiger partial charge in [-0.2, -0.15) is 0 Å². The van der Waals surface area contributed by atoms with Gasteiger partial charge in [-0.05, 0) is 25.2 Å². The number of rotatable bonds is 5. The monoisotopic (exact) mass is 240 g/mol. The smallest absolute Gasteiger partial charge is 0.219 e. The summed E-state index contributed by atoms with van der Waals surface area (Å²) in [5, 5.41) is 0. The summed E-state index contributed by atoms with van der Waals surface area (Å²) in [4.78, 5) is 15.8. The molecule has 17 heavy (non-hydrogen) atoms. The van der Waals surface area contributed by atoms with Gasteiger partial charge in [0.15, 0.2) is 0 Å². The average molecular weight is 240 g/mol. The van der Waals surface area contributed by atoms with Crippen LogP contribution in [0, 0.1) is 5.92 Å². The summed E-state index contributed by atoms with van der Waals surface area (Å²) < 4.78 is 0. The molecule has 0 bridgehead atoms. The van der Waals surface area contributed by atoms with Crippen LogP contribution in [0.4, 0.5) is 0 Å². The molecule has 0 aromatic carbocycles. The van der Waals surface area contributed by atoms with Gasteiger partial charge in [0.1, 0.15) is 0 Å². The Kier molecular flexibility index (Phi) is 5.96. The molecule has 1 rings (SSSR count). The van der Waals surface area contributed by atoms with Crippen LogP contribution in [0.25, 0.3) is 0 Å². The lowest BCUT2D eigenvalue weighted by atomic mass is 10.00. The van der Waals surface area contributed by atoms with Crippen LogP contribution in [0.1, 0.15) is 47.0 Å². The van der Waals surface area contributed by atoms with E-state index < -0.39 is 0 Å². The highest BCUT2D eigenvalue weighted by molar-refractivity contribution is 5.73. The molecule has 0 aliphatic carbocycles. The average Bonchev–Trinajstić information content (AvgIpc) is 2.30. The Bertz CT molecular complexity index is 232. The number of carbonyl (C=O) groups is 1. The van der Waals surface area contributed by atoms with Gasteiger partial charge in [-0.15, -0.1) is 0 Å².